The van der Waals surface area contributed by atoms with Gasteiger partial charge in [0.25, 0.3) is 0 Å². The van der Waals surface area contributed by atoms with Crippen molar-refractivity contribution in [3.8, 4) is 0 Å². The van der Waals surface area contributed by atoms with E-state index in [-0.39, 0.29) is 5.78 Å². The van der Waals surface area contributed by atoms with Gasteiger partial charge in [-0.15, -0.1) is 0 Å². The first-order valence-electron chi connectivity index (χ1n) is 4.83. The monoisotopic (exact) mass is 188 g/mol. The van der Waals surface area contributed by atoms with Crippen molar-refractivity contribution < 1.29 is 4.79 Å². The minimum atomic E-state index is 0.141. The molecule has 0 radical (unpaired) electrons. The average molecular weight is 188 g/mol. The predicted molar refractivity (Wildman–Crippen MR) is 59.6 cm³/mol. The Morgan fingerprint density at radius 2 is 1.86 bits per heavy atom. The van der Waals surface area contributed by atoms with Crippen molar-refractivity contribution in [1.82, 2.24) is 0 Å². The van der Waals surface area contributed by atoms with E-state index in [0.717, 1.165) is 17.5 Å². The van der Waals surface area contributed by atoms with E-state index in [2.05, 4.69) is 19.9 Å². The van der Waals surface area contributed by atoms with Crippen molar-refractivity contribution in [2.75, 3.05) is 0 Å². The lowest BCUT2D eigenvalue weighted by Gasteiger charge is -2.03. The summed E-state index contributed by atoms with van der Waals surface area (Å²) in [5.74, 6) is 0.141. The molecule has 0 aliphatic rings. The third-order valence-electron chi connectivity index (χ3n) is 2.13. The van der Waals surface area contributed by atoms with Crippen molar-refractivity contribution in [2.45, 2.75) is 27.2 Å². The second-order valence-corrected chi connectivity index (χ2v) is 3.70. The van der Waals surface area contributed by atoms with Gasteiger partial charge in [-0.05, 0) is 32.8 Å². The molecule has 1 aromatic carbocycles. The van der Waals surface area contributed by atoms with Gasteiger partial charge >= 0.3 is 0 Å². The van der Waals surface area contributed by atoms with Gasteiger partial charge in [0.15, 0.2) is 5.78 Å². The molecule has 0 aliphatic carbocycles. The fourth-order valence-electron chi connectivity index (χ4n) is 1.36. The number of hydrogen-bond acceptors (Lipinski definition) is 1. The van der Waals surface area contributed by atoms with Crippen molar-refractivity contribution in [1.29, 1.82) is 0 Å². The standard InChI is InChI=1S/C13H16O/c1-10(2)8-9-12-6-4-5-7-13(12)11(3)14/h4-8H,9H2,1-3H3. The first-order chi connectivity index (χ1) is 6.61. The van der Waals surface area contributed by atoms with Crippen LogP contribution in [0, 0.1) is 0 Å². The Bertz CT molecular complexity index is 357. The van der Waals surface area contributed by atoms with E-state index in [0.29, 0.717) is 0 Å². The van der Waals surface area contributed by atoms with Crippen molar-refractivity contribution in [3.63, 3.8) is 0 Å². The zero-order valence-electron chi connectivity index (χ0n) is 9.00. The number of allylic oxidation sites excluding steroid dienone is 2. The summed E-state index contributed by atoms with van der Waals surface area (Å²) >= 11 is 0. The molecule has 0 atom stereocenters. The molecule has 0 fully saturated rings. The summed E-state index contributed by atoms with van der Waals surface area (Å²) in [5, 5.41) is 0. The molecular weight excluding hydrogens is 172 g/mol. The summed E-state index contributed by atoms with van der Waals surface area (Å²) in [4.78, 5) is 11.3. The molecule has 0 saturated carbocycles. The Kier molecular flexibility index (Phi) is 3.63. The second-order valence-electron chi connectivity index (χ2n) is 3.70. The zero-order valence-corrected chi connectivity index (χ0v) is 9.00. The molecule has 0 bridgehead atoms. The number of benzene rings is 1. The van der Waals surface area contributed by atoms with Crippen LogP contribution in [-0.2, 0) is 6.42 Å². The number of ketones is 1. The second kappa shape index (κ2) is 4.75. The molecule has 0 N–H and O–H groups in total. The van der Waals surface area contributed by atoms with Gasteiger partial charge in [0.2, 0.25) is 0 Å². The minimum Gasteiger partial charge on any atom is -0.295 e. The highest BCUT2D eigenvalue weighted by Gasteiger charge is 2.03. The van der Waals surface area contributed by atoms with Gasteiger partial charge in [0.05, 0.1) is 0 Å². The maximum absolute atomic E-state index is 11.3. The molecular formula is C13H16O. The molecule has 0 spiro atoms. The van der Waals surface area contributed by atoms with E-state index in [1.54, 1.807) is 6.92 Å². The Morgan fingerprint density at radius 3 is 2.43 bits per heavy atom. The fourth-order valence-corrected chi connectivity index (χ4v) is 1.36. The maximum Gasteiger partial charge on any atom is 0.160 e. The maximum atomic E-state index is 11.3. The molecule has 1 aromatic rings. The van der Waals surface area contributed by atoms with Gasteiger partial charge < -0.3 is 0 Å². The van der Waals surface area contributed by atoms with Crippen molar-refractivity contribution >= 4 is 5.78 Å². The minimum absolute atomic E-state index is 0.141. The molecule has 0 aliphatic heterocycles. The molecule has 0 aromatic heterocycles. The molecule has 0 saturated heterocycles. The van der Waals surface area contributed by atoms with E-state index in [1.807, 2.05) is 24.3 Å². The number of carbonyl (C=O) groups excluding carboxylic acids is 1. The molecule has 0 unspecified atom stereocenters. The van der Waals surface area contributed by atoms with Crippen LogP contribution in [0.2, 0.25) is 0 Å². The third-order valence-corrected chi connectivity index (χ3v) is 2.13. The van der Waals surface area contributed by atoms with E-state index >= 15 is 0 Å². The number of Topliss-reactive ketones (excluding diaryl/α,β-unsaturated/α-hetero) is 1. The molecule has 1 rings (SSSR count). The fraction of sp³-hybridized carbons (Fsp3) is 0.308. The SMILES string of the molecule is CC(=O)c1ccccc1CC=C(C)C. The van der Waals surface area contributed by atoms with Crippen LogP contribution in [0.1, 0.15) is 36.7 Å². The molecule has 0 heterocycles. The van der Waals surface area contributed by atoms with Gasteiger partial charge in [0.1, 0.15) is 0 Å². The van der Waals surface area contributed by atoms with Gasteiger partial charge in [-0.25, -0.2) is 0 Å². The normalized spacial score (nSPS) is 9.64. The quantitative estimate of drug-likeness (QED) is 0.525. The third kappa shape index (κ3) is 2.84. The summed E-state index contributed by atoms with van der Waals surface area (Å²) in [6.45, 7) is 5.74. The van der Waals surface area contributed by atoms with Crippen LogP contribution in [0.4, 0.5) is 0 Å². The first kappa shape index (κ1) is 10.7. The van der Waals surface area contributed by atoms with Crippen molar-refractivity contribution in [2.24, 2.45) is 0 Å². The Labute approximate surface area is 85.5 Å². The van der Waals surface area contributed by atoms with E-state index in [9.17, 15) is 4.79 Å². The topological polar surface area (TPSA) is 17.1 Å². The molecule has 1 heteroatoms. The van der Waals surface area contributed by atoms with Crippen LogP contribution in [0.25, 0.3) is 0 Å². The highest BCUT2D eigenvalue weighted by Crippen LogP contribution is 2.11. The molecule has 14 heavy (non-hydrogen) atoms. The highest BCUT2D eigenvalue weighted by atomic mass is 16.1. The Hall–Kier alpha value is -1.37. The molecule has 74 valence electrons. The van der Waals surface area contributed by atoms with Gasteiger partial charge in [-0.2, -0.15) is 0 Å². The Morgan fingerprint density at radius 1 is 1.21 bits per heavy atom. The first-order valence-corrected chi connectivity index (χ1v) is 4.83. The lowest BCUT2D eigenvalue weighted by molar-refractivity contribution is 0.101. The van der Waals surface area contributed by atoms with Crippen molar-refractivity contribution in [3.05, 3.63) is 47.0 Å². The van der Waals surface area contributed by atoms with Crippen LogP contribution < -0.4 is 0 Å². The molecule has 1 nitrogen and oxygen atoms in total. The van der Waals surface area contributed by atoms with Gasteiger partial charge in [-0.1, -0.05) is 35.9 Å². The number of rotatable bonds is 3. The largest absolute Gasteiger partial charge is 0.295 e. The summed E-state index contributed by atoms with van der Waals surface area (Å²) < 4.78 is 0. The summed E-state index contributed by atoms with van der Waals surface area (Å²) in [6, 6.07) is 7.77. The van der Waals surface area contributed by atoms with Gasteiger partial charge in [-0.3, -0.25) is 4.79 Å². The van der Waals surface area contributed by atoms with Crippen LogP contribution in [0.15, 0.2) is 35.9 Å². The number of carbonyl (C=O) groups is 1. The smallest absolute Gasteiger partial charge is 0.160 e. The Balaban J connectivity index is 2.96. The van der Waals surface area contributed by atoms with E-state index in [4.69, 9.17) is 0 Å². The van der Waals surface area contributed by atoms with Crippen LogP contribution >= 0.6 is 0 Å². The van der Waals surface area contributed by atoms with Gasteiger partial charge in [0, 0.05) is 5.56 Å². The molecule has 0 amide bonds. The summed E-state index contributed by atoms with van der Waals surface area (Å²) in [7, 11) is 0. The average Bonchev–Trinajstić information content (AvgIpc) is 2.15. The predicted octanol–water partition coefficient (Wildman–Crippen LogP) is 3.40. The highest BCUT2D eigenvalue weighted by molar-refractivity contribution is 5.95. The zero-order chi connectivity index (χ0) is 10.6. The summed E-state index contributed by atoms with van der Waals surface area (Å²) in [6.07, 6.45) is 2.99. The van der Waals surface area contributed by atoms with E-state index < -0.39 is 0 Å². The lowest BCUT2D eigenvalue weighted by Crippen LogP contribution is -1.98. The lowest BCUT2D eigenvalue weighted by atomic mass is 10.0. The van der Waals surface area contributed by atoms with Crippen LogP contribution in [0.3, 0.4) is 0 Å². The van der Waals surface area contributed by atoms with Crippen LogP contribution in [-0.4, -0.2) is 5.78 Å². The summed E-state index contributed by atoms with van der Waals surface area (Å²) in [5.41, 5.74) is 3.23. The van der Waals surface area contributed by atoms with Crippen LogP contribution in [0.5, 0.6) is 0 Å². The number of hydrogen-bond donors (Lipinski definition) is 0. The van der Waals surface area contributed by atoms with E-state index in [1.165, 1.54) is 5.57 Å².